The molecule has 3 nitrogen and oxygen atoms in total. The van der Waals surface area contributed by atoms with Crippen molar-refractivity contribution in [3.05, 3.63) is 78.1 Å². The topological polar surface area (TPSA) is 42.0 Å². The van der Waals surface area contributed by atoms with Crippen LogP contribution in [-0.2, 0) is 6.54 Å². The Kier molecular flexibility index (Phi) is 3.42. The first-order valence-electron chi connectivity index (χ1n) is 6.50. The van der Waals surface area contributed by atoms with E-state index in [1.807, 2.05) is 60.7 Å². The standard InChI is InChI=1S/C17H14N2O/c20-17(19-12-13-6-2-1-3-7-13)16-15-9-5-4-8-14(15)10-11-18-16/h1-11H,12H2,(H,19,20)/i16+1. The molecule has 0 fully saturated rings. The minimum absolute atomic E-state index is 0.148. The fourth-order valence-electron chi connectivity index (χ4n) is 2.16. The molecule has 2 aromatic carbocycles. The highest BCUT2D eigenvalue weighted by Gasteiger charge is 2.10. The number of nitrogens with one attached hydrogen (secondary N) is 1. The smallest absolute Gasteiger partial charge is 0.270 e. The fourth-order valence-corrected chi connectivity index (χ4v) is 2.16. The molecule has 20 heavy (non-hydrogen) atoms. The maximum absolute atomic E-state index is 12.3. The summed E-state index contributed by atoms with van der Waals surface area (Å²) in [4.78, 5) is 16.5. The normalized spacial score (nSPS) is 10.4. The van der Waals surface area contributed by atoms with E-state index < -0.39 is 0 Å². The van der Waals surface area contributed by atoms with Gasteiger partial charge in [0.1, 0.15) is 5.69 Å². The first-order chi connectivity index (χ1) is 9.84. The minimum atomic E-state index is -0.148. The number of hydrogen-bond acceptors (Lipinski definition) is 2. The SMILES string of the molecule is O=C(NCc1ccccc1)[13c]1nccc2ccccc21. The van der Waals surface area contributed by atoms with Crippen LogP contribution in [0.3, 0.4) is 0 Å². The molecule has 1 N–H and O–H groups in total. The molecular formula is C17H14N2O. The molecule has 0 radical (unpaired) electrons. The average molecular weight is 263 g/mol. The number of pyridine rings is 1. The van der Waals surface area contributed by atoms with Gasteiger partial charge in [-0.25, -0.2) is 0 Å². The van der Waals surface area contributed by atoms with Crippen LogP contribution < -0.4 is 5.32 Å². The summed E-state index contributed by atoms with van der Waals surface area (Å²) in [6.45, 7) is 0.505. The number of carbonyl (C=O) groups excluding carboxylic acids is 1. The zero-order valence-corrected chi connectivity index (χ0v) is 10.9. The summed E-state index contributed by atoms with van der Waals surface area (Å²) in [6, 6.07) is 19.5. The van der Waals surface area contributed by atoms with Crippen LogP contribution in [0, 0.1) is 0 Å². The Hall–Kier alpha value is -2.68. The molecule has 0 unspecified atom stereocenters. The summed E-state index contributed by atoms with van der Waals surface area (Å²) in [5.41, 5.74) is 1.54. The molecule has 1 aromatic heterocycles. The molecule has 3 rings (SSSR count). The van der Waals surface area contributed by atoms with Crippen LogP contribution in [0.4, 0.5) is 0 Å². The quantitative estimate of drug-likeness (QED) is 0.788. The first-order valence-corrected chi connectivity index (χ1v) is 6.50. The monoisotopic (exact) mass is 263 g/mol. The van der Waals surface area contributed by atoms with Crippen molar-refractivity contribution in [1.82, 2.24) is 10.3 Å². The summed E-state index contributed by atoms with van der Waals surface area (Å²) < 4.78 is 0. The van der Waals surface area contributed by atoms with Gasteiger partial charge in [-0.1, -0.05) is 54.6 Å². The van der Waals surface area contributed by atoms with Gasteiger partial charge in [0.05, 0.1) is 0 Å². The summed E-state index contributed by atoms with van der Waals surface area (Å²) in [5.74, 6) is -0.148. The molecule has 3 heteroatoms. The summed E-state index contributed by atoms with van der Waals surface area (Å²) in [5, 5.41) is 4.80. The molecule has 0 bridgehead atoms. The van der Waals surface area contributed by atoms with E-state index in [1.54, 1.807) is 6.20 Å². The predicted octanol–water partition coefficient (Wildman–Crippen LogP) is 3.16. The van der Waals surface area contributed by atoms with Gasteiger partial charge in [-0.2, -0.15) is 0 Å². The average Bonchev–Trinajstić information content (AvgIpc) is 2.53. The predicted molar refractivity (Wildman–Crippen MR) is 79.4 cm³/mol. The Morgan fingerprint density at radius 3 is 2.55 bits per heavy atom. The summed E-state index contributed by atoms with van der Waals surface area (Å²) in [6.07, 6.45) is 1.67. The zero-order valence-electron chi connectivity index (χ0n) is 10.9. The highest BCUT2D eigenvalue weighted by molar-refractivity contribution is 6.05. The highest BCUT2D eigenvalue weighted by atomic mass is 16.2. The van der Waals surface area contributed by atoms with Crippen LogP contribution in [0.25, 0.3) is 10.8 Å². The van der Waals surface area contributed by atoms with Crippen molar-refractivity contribution in [1.29, 1.82) is 0 Å². The number of fused-ring (bicyclic) bond motifs is 1. The van der Waals surface area contributed by atoms with Crippen LogP contribution in [0.1, 0.15) is 16.1 Å². The highest BCUT2D eigenvalue weighted by Crippen LogP contribution is 2.16. The number of benzene rings is 2. The Morgan fingerprint density at radius 2 is 1.70 bits per heavy atom. The van der Waals surface area contributed by atoms with Crippen molar-refractivity contribution in [2.24, 2.45) is 0 Å². The molecular weight excluding hydrogens is 249 g/mol. The van der Waals surface area contributed by atoms with Gasteiger partial charge in [0.2, 0.25) is 0 Å². The van der Waals surface area contributed by atoms with Crippen molar-refractivity contribution < 1.29 is 4.79 Å². The molecule has 0 atom stereocenters. The van der Waals surface area contributed by atoms with Gasteiger partial charge in [0.25, 0.3) is 5.91 Å². The number of aromatic nitrogens is 1. The van der Waals surface area contributed by atoms with E-state index in [0.717, 1.165) is 16.3 Å². The van der Waals surface area contributed by atoms with E-state index in [4.69, 9.17) is 0 Å². The lowest BCUT2D eigenvalue weighted by Crippen LogP contribution is -2.24. The number of nitrogens with zero attached hydrogens (tertiary/aromatic N) is 1. The van der Waals surface area contributed by atoms with Crippen LogP contribution in [0.2, 0.25) is 0 Å². The van der Waals surface area contributed by atoms with Gasteiger partial charge in [0, 0.05) is 18.1 Å². The zero-order chi connectivity index (χ0) is 13.8. The van der Waals surface area contributed by atoms with Crippen molar-refractivity contribution in [2.45, 2.75) is 6.54 Å². The van der Waals surface area contributed by atoms with Crippen LogP contribution >= 0.6 is 0 Å². The second kappa shape index (κ2) is 5.53. The molecule has 0 aliphatic heterocycles. The van der Waals surface area contributed by atoms with E-state index in [1.165, 1.54) is 0 Å². The van der Waals surface area contributed by atoms with Crippen molar-refractivity contribution in [3.63, 3.8) is 0 Å². The fraction of sp³-hybridized carbons (Fsp3) is 0.0588. The van der Waals surface area contributed by atoms with Crippen molar-refractivity contribution in [2.75, 3.05) is 0 Å². The van der Waals surface area contributed by atoms with E-state index in [2.05, 4.69) is 10.3 Å². The van der Waals surface area contributed by atoms with Crippen molar-refractivity contribution in [3.8, 4) is 0 Å². The molecule has 0 spiro atoms. The summed E-state index contributed by atoms with van der Waals surface area (Å²) >= 11 is 0. The van der Waals surface area contributed by atoms with Crippen LogP contribution in [0.15, 0.2) is 66.9 Å². The van der Waals surface area contributed by atoms with Gasteiger partial charge >= 0.3 is 0 Å². The van der Waals surface area contributed by atoms with Gasteiger partial charge < -0.3 is 5.32 Å². The number of amides is 1. The third-order valence-electron chi connectivity index (χ3n) is 3.18. The van der Waals surface area contributed by atoms with E-state index in [9.17, 15) is 4.79 Å². The van der Waals surface area contributed by atoms with E-state index >= 15 is 0 Å². The number of carbonyl (C=O) groups is 1. The molecule has 0 saturated heterocycles. The van der Waals surface area contributed by atoms with Gasteiger partial charge in [0.15, 0.2) is 0 Å². The molecule has 1 amide bonds. The largest absolute Gasteiger partial charge is 0.347 e. The van der Waals surface area contributed by atoms with Gasteiger partial charge in [-0.15, -0.1) is 0 Å². The Bertz CT molecular complexity index is 733. The number of rotatable bonds is 3. The third kappa shape index (κ3) is 2.52. The second-order valence-electron chi connectivity index (χ2n) is 4.55. The molecule has 0 aliphatic carbocycles. The second-order valence-corrected chi connectivity index (χ2v) is 4.55. The summed E-state index contributed by atoms with van der Waals surface area (Å²) in [7, 11) is 0. The maximum Gasteiger partial charge on any atom is 0.270 e. The first kappa shape index (κ1) is 12.4. The maximum atomic E-state index is 12.3. The van der Waals surface area contributed by atoms with Gasteiger partial charge in [-0.3, -0.25) is 9.78 Å². The molecule has 0 saturated carbocycles. The number of hydrogen-bond donors (Lipinski definition) is 1. The van der Waals surface area contributed by atoms with Crippen molar-refractivity contribution >= 4 is 16.7 Å². The lowest BCUT2D eigenvalue weighted by molar-refractivity contribution is 0.0948. The Labute approximate surface area is 117 Å². The molecule has 1 heterocycles. The minimum Gasteiger partial charge on any atom is -0.347 e. The van der Waals surface area contributed by atoms with Crippen LogP contribution in [0.5, 0.6) is 0 Å². The third-order valence-corrected chi connectivity index (χ3v) is 3.18. The lowest BCUT2D eigenvalue weighted by Gasteiger charge is -2.07. The van der Waals surface area contributed by atoms with Gasteiger partial charge in [-0.05, 0) is 17.0 Å². The van der Waals surface area contributed by atoms with E-state index in [-0.39, 0.29) is 5.91 Å². The molecule has 0 aliphatic rings. The Balaban J connectivity index is 1.82. The van der Waals surface area contributed by atoms with E-state index in [0.29, 0.717) is 12.2 Å². The Morgan fingerprint density at radius 1 is 0.950 bits per heavy atom. The molecule has 98 valence electrons. The van der Waals surface area contributed by atoms with Crippen LogP contribution in [-0.4, -0.2) is 10.9 Å². The lowest BCUT2D eigenvalue weighted by atomic mass is 10.2. The molecule has 3 aromatic rings.